The lowest BCUT2D eigenvalue weighted by Gasteiger charge is -2.28. The molecule has 0 spiro atoms. The molecule has 0 amide bonds. The zero-order valence-electron chi connectivity index (χ0n) is 11.7. The Balaban J connectivity index is 2.13. The van der Waals surface area contributed by atoms with Crippen molar-refractivity contribution in [3.8, 4) is 0 Å². The summed E-state index contributed by atoms with van der Waals surface area (Å²) in [4.78, 5) is 24.0. The van der Waals surface area contributed by atoms with Gasteiger partial charge in [0.25, 0.3) is 0 Å². The predicted octanol–water partition coefficient (Wildman–Crippen LogP) is 4.35. The number of ketones is 2. The van der Waals surface area contributed by atoms with Crippen molar-refractivity contribution in [3.63, 3.8) is 0 Å². The molecule has 0 heterocycles. The fourth-order valence-corrected chi connectivity index (χ4v) is 2.56. The van der Waals surface area contributed by atoms with Crippen molar-refractivity contribution in [1.82, 2.24) is 0 Å². The molecule has 1 aliphatic rings. The molecule has 0 unspecified atom stereocenters. The van der Waals surface area contributed by atoms with Crippen LogP contribution in [0.5, 0.6) is 0 Å². The van der Waals surface area contributed by atoms with E-state index in [9.17, 15) is 9.59 Å². The average molecular weight is 333 g/mol. The molecule has 0 saturated heterocycles. The second kappa shape index (κ2) is 5.88. The molecule has 1 saturated carbocycles. The van der Waals surface area contributed by atoms with Crippen LogP contribution in [0.15, 0.2) is 46.5 Å². The van der Waals surface area contributed by atoms with Crippen LogP contribution in [-0.4, -0.2) is 11.6 Å². The fourth-order valence-electron chi connectivity index (χ4n) is 2.29. The van der Waals surface area contributed by atoms with Gasteiger partial charge in [-0.15, -0.1) is 0 Å². The SMILES string of the molecule is CC1(C)CC(=O)C(=C/C=C/c2ccc(Br)cc2)C(=O)C1. The second-order valence-corrected chi connectivity index (χ2v) is 6.77. The smallest absolute Gasteiger partial charge is 0.166 e. The Morgan fingerprint density at radius 3 is 2.15 bits per heavy atom. The molecule has 0 atom stereocenters. The van der Waals surface area contributed by atoms with E-state index in [2.05, 4.69) is 15.9 Å². The second-order valence-electron chi connectivity index (χ2n) is 5.86. The Kier molecular flexibility index (Phi) is 4.39. The minimum absolute atomic E-state index is 0.0493. The third kappa shape index (κ3) is 3.76. The molecule has 0 aromatic heterocycles. The maximum atomic E-state index is 12.0. The summed E-state index contributed by atoms with van der Waals surface area (Å²) < 4.78 is 1.02. The summed E-state index contributed by atoms with van der Waals surface area (Å²) in [5.74, 6) is -0.0987. The van der Waals surface area contributed by atoms with E-state index in [0.29, 0.717) is 18.4 Å². The lowest BCUT2D eigenvalue weighted by Crippen LogP contribution is -2.31. The van der Waals surface area contributed by atoms with E-state index >= 15 is 0 Å². The van der Waals surface area contributed by atoms with E-state index in [-0.39, 0.29) is 17.0 Å². The van der Waals surface area contributed by atoms with Crippen LogP contribution in [0.2, 0.25) is 0 Å². The van der Waals surface area contributed by atoms with Gasteiger partial charge in [-0.25, -0.2) is 0 Å². The fraction of sp³-hybridized carbons (Fsp3) is 0.294. The van der Waals surface area contributed by atoms with Gasteiger partial charge in [0.05, 0.1) is 5.57 Å². The minimum atomic E-state index is -0.207. The Hall–Kier alpha value is -1.48. The highest BCUT2D eigenvalue weighted by molar-refractivity contribution is 9.10. The lowest BCUT2D eigenvalue weighted by molar-refractivity contribution is -0.127. The molecule has 2 nitrogen and oxygen atoms in total. The molecule has 1 aromatic rings. The van der Waals surface area contributed by atoms with E-state index < -0.39 is 0 Å². The minimum Gasteiger partial charge on any atom is -0.294 e. The van der Waals surface area contributed by atoms with Gasteiger partial charge in [0.1, 0.15) is 0 Å². The van der Waals surface area contributed by atoms with Crippen LogP contribution in [0.4, 0.5) is 0 Å². The van der Waals surface area contributed by atoms with Crippen molar-refractivity contribution in [2.75, 3.05) is 0 Å². The Labute approximate surface area is 127 Å². The van der Waals surface area contributed by atoms with Crippen molar-refractivity contribution < 1.29 is 9.59 Å². The normalized spacial score (nSPS) is 18.6. The zero-order valence-corrected chi connectivity index (χ0v) is 13.2. The summed E-state index contributed by atoms with van der Waals surface area (Å²) in [5, 5.41) is 0. The molecule has 1 aliphatic carbocycles. The number of hydrogen-bond donors (Lipinski definition) is 0. The summed E-state index contributed by atoms with van der Waals surface area (Å²) in [6.45, 7) is 3.91. The summed E-state index contributed by atoms with van der Waals surface area (Å²) in [7, 11) is 0. The number of rotatable bonds is 2. The Bertz CT molecular complexity index is 570. The molecule has 0 aliphatic heterocycles. The molecule has 0 radical (unpaired) electrons. The average Bonchev–Trinajstić information content (AvgIpc) is 2.33. The molecule has 0 N–H and O–H groups in total. The summed E-state index contributed by atoms with van der Waals surface area (Å²) in [6, 6.07) is 7.83. The summed E-state index contributed by atoms with van der Waals surface area (Å²) >= 11 is 3.38. The number of allylic oxidation sites excluding steroid dienone is 3. The number of halogens is 1. The quantitative estimate of drug-likeness (QED) is 0.596. The third-order valence-corrected chi connectivity index (χ3v) is 3.83. The van der Waals surface area contributed by atoms with Crippen molar-refractivity contribution in [2.24, 2.45) is 5.41 Å². The van der Waals surface area contributed by atoms with Gasteiger partial charge in [0.15, 0.2) is 11.6 Å². The van der Waals surface area contributed by atoms with Crippen molar-refractivity contribution in [3.05, 3.63) is 52.0 Å². The van der Waals surface area contributed by atoms with Gasteiger partial charge in [-0.2, -0.15) is 0 Å². The molecule has 1 fully saturated rings. The first-order chi connectivity index (χ1) is 9.37. The number of carbonyl (C=O) groups excluding carboxylic acids is 2. The van der Waals surface area contributed by atoms with Crippen LogP contribution >= 0.6 is 15.9 Å². The van der Waals surface area contributed by atoms with Crippen LogP contribution in [0.25, 0.3) is 6.08 Å². The first-order valence-electron chi connectivity index (χ1n) is 6.58. The highest BCUT2D eigenvalue weighted by atomic mass is 79.9. The molecule has 0 bridgehead atoms. The van der Waals surface area contributed by atoms with Gasteiger partial charge in [0.2, 0.25) is 0 Å². The van der Waals surface area contributed by atoms with Crippen LogP contribution < -0.4 is 0 Å². The van der Waals surface area contributed by atoms with Gasteiger partial charge >= 0.3 is 0 Å². The first-order valence-corrected chi connectivity index (χ1v) is 7.37. The van der Waals surface area contributed by atoms with E-state index in [1.54, 1.807) is 12.2 Å². The molecule has 1 aromatic carbocycles. The van der Waals surface area contributed by atoms with Crippen LogP contribution in [-0.2, 0) is 9.59 Å². The number of carbonyl (C=O) groups is 2. The largest absolute Gasteiger partial charge is 0.294 e. The standard InChI is InChI=1S/C17H17BrO2/c1-17(2)10-15(19)14(16(20)11-17)5-3-4-12-6-8-13(18)9-7-12/h3-9H,10-11H2,1-2H3/b4-3+. The number of benzene rings is 1. The zero-order chi connectivity index (χ0) is 14.8. The third-order valence-electron chi connectivity index (χ3n) is 3.30. The summed E-state index contributed by atoms with van der Waals surface area (Å²) in [5.41, 5.74) is 1.15. The van der Waals surface area contributed by atoms with Gasteiger partial charge < -0.3 is 0 Å². The van der Waals surface area contributed by atoms with Crippen molar-refractivity contribution in [2.45, 2.75) is 26.7 Å². The predicted molar refractivity (Wildman–Crippen MR) is 84.3 cm³/mol. The first kappa shape index (κ1) is 14.9. The van der Waals surface area contributed by atoms with Gasteiger partial charge in [-0.3, -0.25) is 9.59 Å². The van der Waals surface area contributed by atoms with E-state index in [0.717, 1.165) is 10.0 Å². The van der Waals surface area contributed by atoms with Crippen molar-refractivity contribution in [1.29, 1.82) is 0 Å². The van der Waals surface area contributed by atoms with Crippen LogP contribution in [0, 0.1) is 5.41 Å². The molecular weight excluding hydrogens is 316 g/mol. The Morgan fingerprint density at radius 1 is 1.05 bits per heavy atom. The van der Waals surface area contributed by atoms with Gasteiger partial charge in [-0.05, 0) is 29.2 Å². The summed E-state index contributed by atoms with van der Waals surface area (Å²) in [6.07, 6.45) is 6.18. The van der Waals surface area contributed by atoms with Crippen LogP contribution in [0.3, 0.4) is 0 Å². The topological polar surface area (TPSA) is 34.1 Å². The van der Waals surface area contributed by atoms with E-state index in [4.69, 9.17) is 0 Å². The van der Waals surface area contributed by atoms with Gasteiger partial charge in [-0.1, -0.05) is 54.1 Å². The maximum Gasteiger partial charge on any atom is 0.166 e. The molecular formula is C17H17BrO2. The maximum absolute atomic E-state index is 12.0. The molecule has 104 valence electrons. The van der Waals surface area contributed by atoms with E-state index in [1.807, 2.05) is 44.2 Å². The molecule has 2 rings (SSSR count). The van der Waals surface area contributed by atoms with Crippen LogP contribution in [0.1, 0.15) is 32.3 Å². The number of Topliss-reactive ketones (excluding diaryl/α,β-unsaturated/α-hetero) is 2. The highest BCUT2D eigenvalue weighted by Gasteiger charge is 2.34. The lowest BCUT2D eigenvalue weighted by atomic mass is 9.74. The van der Waals surface area contributed by atoms with Gasteiger partial charge in [0, 0.05) is 17.3 Å². The number of hydrogen-bond acceptors (Lipinski definition) is 2. The molecule has 20 heavy (non-hydrogen) atoms. The van der Waals surface area contributed by atoms with E-state index in [1.165, 1.54) is 0 Å². The van der Waals surface area contributed by atoms with Crippen molar-refractivity contribution >= 4 is 33.6 Å². The molecule has 3 heteroatoms. The highest BCUT2D eigenvalue weighted by Crippen LogP contribution is 2.33. The Morgan fingerprint density at radius 2 is 1.60 bits per heavy atom. The monoisotopic (exact) mass is 332 g/mol.